The molecular formula is C23H26. The minimum absolute atomic E-state index is 1.29. The lowest BCUT2D eigenvalue weighted by molar-refractivity contribution is 1.38. The van der Waals surface area contributed by atoms with Crippen molar-refractivity contribution < 1.29 is 0 Å². The molecule has 0 atom stereocenters. The van der Waals surface area contributed by atoms with E-state index in [1.54, 1.807) is 0 Å². The van der Waals surface area contributed by atoms with Crippen LogP contribution in [0.25, 0.3) is 22.3 Å². The summed E-state index contributed by atoms with van der Waals surface area (Å²) in [7, 11) is 0. The molecule has 0 heterocycles. The Labute approximate surface area is 140 Å². The average Bonchev–Trinajstić information content (AvgIpc) is 2.60. The van der Waals surface area contributed by atoms with Crippen LogP contribution in [0.3, 0.4) is 0 Å². The molecule has 0 fully saturated rings. The zero-order valence-electron chi connectivity index (χ0n) is 14.9. The number of rotatable bonds is 2. The molecule has 0 saturated heterocycles. The van der Waals surface area contributed by atoms with E-state index in [0.29, 0.717) is 0 Å². The minimum atomic E-state index is 1.29. The second-order valence-electron chi connectivity index (χ2n) is 5.71. The summed E-state index contributed by atoms with van der Waals surface area (Å²) < 4.78 is 0. The fourth-order valence-corrected chi connectivity index (χ4v) is 2.79. The summed E-state index contributed by atoms with van der Waals surface area (Å²) in [6.07, 6.45) is 0. The standard InChI is InChI=1S/C21H20.C2H6/c1-15-9-11-19(12-10-15)21-14-16(2)20(13-17(21)3)18-7-5-4-6-8-18;1-2/h4-14H,1-3H3;1-2H3. The van der Waals surface area contributed by atoms with E-state index in [0.717, 1.165) is 0 Å². The van der Waals surface area contributed by atoms with Gasteiger partial charge in [0.05, 0.1) is 0 Å². The van der Waals surface area contributed by atoms with Gasteiger partial charge in [0.2, 0.25) is 0 Å². The lowest BCUT2D eigenvalue weighted by Crippen LogP contribution is -1.90. The Hall–Kier alpha value is -2.34. The maximum atomic E-state index is 2.31. The van der Waals surface area contributed by atoms with Gasteiger partial charge < -0.3 is 0 Å². The maximum Gasteiger partial charge on any atom is -0.0152 e. The molecule has 0 bridgehead atoms. The van der Waals surface area contributed by atoms with Crippen molar-refractivity contribution in [2.75, 3.05) is 0 Å². The topological polar surface area (TPSA) is 0 Å². The summed E-state index contributed by atoms with van der Waals surface area (Å²) in [5.41, 5.74) is 9.17. The Morgan fingerprint density at radius 2 is 0.957 bits per heavy atom. The molecule has 0 aromatic heterocycles. The van der Waals surface area contributed by atoms with E-state index in [9.17, 15) is 0 Å². The Morgan fingerprint density at radius 3 is 1.43 bits per heavy atom. The molecule has 3 aromatic carbocycles. The van der Waals surface area contributed by atoms with Crippen molar-refractivity contribution in [2.45, 2.75) is 34.6 Å². The molecule has 0 heteroatoms. The minimum Gasteiger partial charge on any atom is -0.0683 e. The van der Waals surface area contributed by atoms with Crippen LogP contribution in [0.1, 0.15) is 30.5 Å². The summed E-state index contributed by atoms with van der Waals surface area (Å²) in [5, 5.41) is 0. The second-order valence-corrected chi connectivity index (χ2v) is 5.71. The number of hydrogen-bond acceptors (Lipinski definition) is 0. The van der Waals surface area contributed by atoms with E-state index >= 15 is 0 Å². The van der Waals surface area contributed by atoms with Crippen LogP contribution in [-0.4, -0.2) is 0 Å². The SMILES string of the molecule is CC.Cc1ccc(-c2cc(C)c(-c3ccccc3)cc2C)cc1. The fraction of sp³-hybridized carbons (Fsp3) is 0.217. The van der Waals surface area contributed by atoms with Gasteiger partial charge in [0.15, 0.2) is 0 Å². The smallest absolute Gasteiger partial charge is 0.0152 e. The predicted octanol–water partition coefficient (Wildman–Crippen LogP) is 6.97. The van der Waals surface area contributed by atoms with Crippen molar-refractivity contribution in [3.8, 4) is 22.3 Å². The Balaban J connectivity index is 0.000000924. The molecule has 0 amide bonds. The lowest BCUT2D eigenvalue weighted by atomic mass is 9.92. The Kier molecular flexibility index (Phi) is 5.76. The molecule has 0 saturated carbocycles. The van der Waals surface area contributed by atoms with Gasteiger partial charge in [-0.2, -0.15) is 0 Å². The van der Waals surface area contributed by atoms with Crippen molar-refractivity contribution in [1.82, 2.24) is 0 Å². The second kappa shape index (κ2) is 7.78. The van der Waals surface area contributed by atoms with E-state index in [4.69, 9.17) is 0 Å². The van der Waals surface area contributed by atoms with Crippen LogP contribution in [0.5, 0.6) is 0 Å². The summed E-state index contributed by atoms with van der Waals surface area (Å²) >= 11 is 0. The highest BCUT2D eigenvalue weighted by Gasteiger charge is 2.08. The van der Waals surface area contributed by atoms with Crippen LogP contribution in [-0.2, 0) is 0 Å². The molecule has 0 N–H and O–H groups in total. The number of aryl methyl sites for hydroxylation is 3. The average molecular weight is 302 g/mol. The van der Waals surface area contributed by atoms with E-state index in [-0.39, 0.29) is 0 Å². The van der Waals surface area contributed by atoms with Crippen molar-refractivity contribution >= 4 is 0 Å². The molecule has 0 aliphatic rings. The van der Waals surface area contributed by atoms with Gasteiger partial charge in [0.1, 0.15) is 0 Å². The van der Waals surface area contributed by atoms with Gasteiger partial charge in [0, 0.05) is 0 Å². The quantitative estimate of drug-likeness (QED) is 0.479. The highest BCUT2D eigenvalue weighted by molar-refractivity contribution is 5.76. The maximum absolute atomic E-state index is 2.31. The molecule has 118 valence electrons. The summed E-state index contributed by atoms with van der Waals surface area (Å²) in [5.74, 6) is 0. The molecule has 23 heavy (non-hydrogen) atoms. The predicted molar refractivity (Wildman–Crippen MR) is 103 cm³/mol. The molecule has 0 unspecified atom stereocenters. The van der Waals surface area contributed by atoms with Crippen LogP contribution in [0.2, 0.25) is 0 Å². The third-order valence-electron chi connectivity index (χ3n) is 4.02. The highest BCUT2D eigenvalue weighted by atomic mass is 14.1. The lowest BCUT2D eigenvalue weighted by Gasteiger charge is -2.13. The molecule has 0 radical (unpaired) electrons. The van der Waals surface area contributed by atoms with Gasteiger partial charge in [-0.25, -0.2) is 0 Å². The van der Waals surface area contributed by atoms with E-state index in [1.165, 1.54) is 38.9 Å². The summed E-state index contributed by atoms with van der Waals surface area (Å²) in [6, 6.07) is 24.0. The third kappa shape index (κ3) is 3.90. The van der Waals surface area contributed by atoms with Crippen LogP contribution in [0, 0.1) is 20.8 Å². The molecular weight excluding hydrogens is 276 g/mol. The fourth-order valence-electron chi connectivity index (χ4n) is 2.79. The molecule has 0 aliphatic carbocycles. The third-order valence-corrected chi connectivity index (χ3v) is 4.02. The van der Waals surface area contributed by atoms with E-state index in [2.05, 4.69) is 87.5 Å². The molecule has 0 spiro atoms. The van der Waals surface area contributed by atoms with Crippen molar-refractivity contribution in [2.24, 2.45) is 0 Å². The van der Waals surface area contributed by atoms with Gasteiger partial charge in [-0.1, -0.05) is 86.1 Å². The van der Waals surface area contributed by atoms with Crippen LogP contribution >= 0.6 is 0 Å². The molecule has 0 aliphatic heterocycles. The number of benzene rings is 3. The van der Waals surface area contributed by atoms with Crippen molar-refractivity contribution in [1.29, 1.82) is 0 Å². The summed E-state index contributed by atoms with van der Waals surface area (Å²) in [4.78, 5) is 0. The van der Waals surface area contributed by atoms with Gasteiger partial charge in [-0.05, 0) is 54.2 Å². The first-order valence-corrected chi connectivity index (χ1v) is 8.39. The first-order valence-electron chi connectivity index (χ1n) is 8.39. The van der Waals surface area contributed by atoms with Crippen molar-refractivity contribution in [3.63, 3.8) is 0 Å². The Bertz CT molecular complexity index is 750. The largest absolute Gasteiger partial charge is 0.0683 e. The first-order chi connectivity index (χ1) is 11.1. The van der Waals surface area contributed by atoms with Gasteiger partial charge in [-0.15, -0.1) is 0 Å². The molecule has 3 rings (SSSR count). The van der Waals surface area contributed by atoms with Crippen LogP contribution < -0.4 is 0 Å². The normalized spacial score (nSPS) is 9.96. The number of hydrogen-bond donors (Lipinski definition) is 0. The van der Waals surface area contributed by atoms with Gasteiger partial charge in [0.25, 0.3) is 0 Å². The Morgan fingerprint density at radius 1 is 0.522 bits per heavy atom. The van der Waals surface area contributed by atoms with E-state index in [1.807, 2.05) is 13.8 Å². The van der Waals surface area contributed by atoms with Crippen molar-refractivity contribution in [3.05, 3.63) is 83.4 Å². The van der Waals surface area contributed by atoms with Gasteiger partial charge >= 0.3 is 0 Å². The summed E-state index contributed by atoms with van der Waals surface area (Å²) in [6.45, 7) is 10.5. The highest BCUT2D eigenvalue weighted by Crippen LogP contribution is 2.31. The monoisotopic (exact) mass is 302 g/mol. The molecule has 0 nitrogen and oxygen atoms in total. The zero-order chi connectivity index (χ0) is 16.8. The van der Waals surface area contributed by atoms with Crippen LogP contribution in [0.4, 0.5) is 0 Å². The first kappa shape index (κ1) is 17.0. The molecule has 3 aromatic rings. The van der Waals surface area contributed by atoms with Gasteiger partial charge in [-0.3, -0.25) is 0 Å². The zero-order valence-corrected chi connectivity index (χ0v) is 14.9. The van der Waals surface area contributed by atoms with E-state index < -0.39 is 0 Å². The van der Waals surface area contributed by atoms with Crippen LogP contribution in [0.15, 0.2) is 66.7 Å².